The molecule has 3 aliphatic heterocycles. The Bertz CT molecular complexity index is 2670. The van der Waals surface area contributed by atoms with E-state index in [1.807, 2.05) is 0 Å². The molecule has 0 radical (unpaired) electrons. The lowest BCUT2D eigenvalue weighted by Crippen LogP contribution is -2.64. The molecule has 0 spiro atoms. The first-order chi connectivity index (χ1) is 52.1. The van der Waals surface area contributed by atoms with Crippen LogP contribution in [0.4, 0.5) is 0 Å². The van der Waals surface area contributed by atoms with Gasteiger partial charge in [-0.1, -0.05) is 12.1 Å². The van der Waals surface area contributed by atoms with Gasteiger partial charge in [-0.15, -0.1) is 0 Å². The summed E-state index contributed by atoms with van der Waals surface area (Å²) in [5.41, 5.74) is -0.744. The first kappa shape index (κ1) is 96.2. The number of ether oxygens (including phenoxy) is 14. The molecule has 8 amide bonds. The number of benzene rings is 1. The van der Waals surface area contributed by atoms with Gasteiger partial charge in [-0.25, -0.2) is 4.57 Å². The predicted molar refractivity (Wildman–Crippen MR) is 381 cm³/mol. The first-order valence-corrected chi connectivity index (χ1v) is 39.8. The second-order valence-electron chi connectivity index (χ2n) is 25.0. The van der Waals surface area contributed by atoms with Crippen LogP contribution < -0.4 is 47.1 Å². The van der Waals surface area contributed by atoms with Gasteiger partial charge in [-0.05, 0) is 24.1 Å². The minimum Gasteiger partial charge on any atom is -0.418 e. The molecule has 3 saturated heterocycles. The van der Waals surface area contributed by atoms with Crippen molar-refractivity contribution < 1.29 is 165 Å². The molecule has 1 aromatic carbocycles. The van der Waals surface area contributed by atoms with E-state index in [1.54, 1.807) is 12.1 Å². The lowest BCUT2D eigenvalue weighted by Gasteiger charge is -2.42. The highest BCUT2D eigenvalue weighted by Crippen LogP contribution is 2.51. The second-order valence-corrected chi connectivity index (χ2v) is 29.8. The maximum Gasteiger partial charge on any atom is 0.436 e. The smallest absolute Gasteiger partial charge is 0.418 e. The van der Waals surface area contributed by atoms with Gasteiger partial charge in [0.25, 0.3) is 0 Å². The molecule has 109 heavy (non-hydrogen) atoms. The number of halogens is 1. The summed E-state index contributed by atoms with van der Waals surface area (Å²) in [7, 11) is 0. The monoisotopic (exact) mass is 1700 g/mol. The number of nitrogens with one attached hydrogen (secondary N) is 8. The minimum absolute atomic E-state index is 0.0126. The Morgan fingerprint density at radius 1 is 0.413 bits per heavy atom. The van der Waals surface area contributed by atoms with Gasteiger partial charge in [0.2, 0.25) is 47.3 Å². The Hall–Kier alpha value is -5.22. The van der Waals surface area contributed by atoms with Crippen molar-refractivity contribution in [3.05, 3.63) is 29.8 Å². The van der Waals surface area contributed by atoms with E-state index in [-0.39, 0.29) is 195 Å². The van der Waals surface area contributed by atoms with E-state index in [9.17, 15) is 93.8 Å². The zero-order valence-corrected chi connectivity index (χ0v) is 64.2. The molecule has 3 fully saturated rings. The van der Waals surface area contributed by atoms with E-state index in [0.717, 1.165) is 5.56 Å². The summed E-state index contributed by atoms with van der Waals surface area (Å²) in [4.78, 5) is 110. The Balaban J connectivity index is 1.33. The van der Waals surface area contributed by atoms with Crippen LogP contribution in [-0.4, -0.2) is 367 Å². The largest absolute Gasteiger partial charge is 0.436 e. The van der Waals surface area contributed by atoms with Crippen molar-refractivity contribution in [3.63, 3.8) is 0 Å². The molecule has 0 bridgehead atoms. The molecule has 626 valence electrons. The van der Waals surface area contributed by atoms with E-state index in [2.05, 4.69) is 42.5 Å². The number of carbonyl (C=O) groups excluding carboxylic acids is 8. The number of rotatable bonds is 57. The molecule has 1 aromatic rings. The van der Waals surface area contributed by atoms with E-state index in [0.29, 0.717) is 6.42 Å². The highest BCUT2D eigenvalue weighted by Gasteiger charge is 2.48. The van der Waals surface area contributed by atoms with Crippen molar-refractivity contribution in [1.29, 1.82) is 0 Å². The van der Waals surface area contributed by atoms with E-state index in [4.69, 9.17) is 70.8 Å². The Kier molecular flexibility index (Phi) is 47.4. The lowest BCUT2D eigenvalue weighted by atomic mass is 9.97. The molecule has 4 rings (SSSR count). The molecule has 3 aliphatic rings. The standard InChI is InChI=1S/C65H110IN8O34P/c1-40(78)71-53-59(89)56(86)45(34-75)105-62(53)102-31-28-96-23-15-68-49(82)10-19-99-37-65(38-100-20-11-50(83)69-16-24-97-29-32-103-63-54(72-41(2)79)60(90)57(87)46(35-76)106-63,39-101-21-12-51(84)70-17-25-98-30-33-104-64-55(73-42(3)80)61(91)58(88)47(36-77)107-64)74-52(85)13-18-94-26-27-95-22-14-67-48(81)9-6-43-4-7-44(8-5-43)108-109(66,92)93/h4-5,7-8,45-47,53-64,75-77,86-91H,6,9-39H2,1-3H3,(H,67,81)(H,68,82)(H,69,83)(H,70,84)(H,71,78)(H,72,79)(H,73,80)(H,74,85)(H,92,93)/t45-,46-,47-,53-,54-,55?,56+,57+,58+,59-,60-,61-,62-,63?,64-,65?/m1/s1. The number of amides is 8. The maximum absolute atomic E-state index is 13.9. The van der Waals surface area contributed by atoms with Crippen molar-refractivity contribution in [3.8, 4) is 5.75 Å². The summed E-state index contributed by atoms with van der Waals surface area (Å²) in [6, 6.07) is 2.96. The summed E-state index contributed by atoms with van der Waals surface area (Å²) in [5.74, 6) is -3.57. The van der Waals surface area contributed by atoms with Crippen molar-refractivity contribution in [2.75, 3.05) is 172 Å². The summed E-state index contributed by atoms with van der Waals surface area (Å²) in [5, 5.41) is 109. The fraction of sp³-hybridized carbons (Fsp3) is 0.785. The number of aliphatic hydroxyl groups is 9. The first-order valence-electron chi connectivity index (χ1n) is 35.4. The van der Waals surface area contributed by atoms with Gasteiger partial charge >= 0.3 is 5.24 Å². The van der Waals surface area contributed by atoms with Gasteiger partial charge in [-0.2, -0.15) is 0 Å². The third kappa shape index (κ3) is 38.9. The Morgan fingerprint density at radius 3 is 1.02 bits per heavy atom. The number of aliphatic hydroxyl groups excluding tert-OH is 9. The molecule has 42 nitrogen and oxygen atoms in total. The number of carbonyl (C=O) groups is 8. The van der Waals surface area contributed by atoms with Crippen LogP contribution in [0.15, 0.2) is 24.3 Å². The number of aryl methyl sites for hydroxylation is 1. The van der Waals surface area contributed by atoms with Gasteiger partial charge in [-0.3, -0.25) is 38.4 Å². The van der Waals surface area contributed by atoms with Crippen LogP contribution in [0.5, 0.6) is 5.75 Å². The molecule has 4 unspecified atom stereocenters. The van der Waals surface area contributed by atoms with Gasteiger partial charge in [0, 0.05) is 79.1 Å². The quantitative estimate of drug-likeness (QED) is 0.0164. The fourth-order valence-electron chi connectivity index (χ4n) is 10.7. The summed E-state index contributed by atoms with van der Waals surface area (Å²) < 4.78 is 96.0. The second kappa shape index (κ2) is 53.7. The van der Waals surface area contributed by atoms with E-state index in [1.165, 1.54) is 54.9 Å². The zero-order valence-electron chi connectivity index (χ0n) is 61.2. The van der Waals surface area contributed by atoms with Crippen LogP contribution in [-0.2, 0) is 116 Å². The van der Waals surface area contributed by atoms with E-state index >= 15 is 0 Å². The third-order valence-corrected chi connectivity index (χ3v) is 17.2. The predicted octanol–water partition coefficient (Wildman–Crippen LogP) is -7.57. The summed E-state index contributed by atoms with van der Waals surface area (Å²) >= 11 is 1.31. The van der Waals surface area contributed by atoms with Gasteiger partial charge in [0.15, 0.2) is 18.9 Å². The molecule has 3 heterocycles. The summed E-state index contributed by atoms with van der Waals surface area (Å²) in [6.07, 6.45) is -16.5. The fourth-order valence-corrected chi connectivity index (χ4v) is 11.8. The molecule has 0 aliphatic carbocycles. The average molecular weight is 1710 g/mol. The van der Waals surface area contributed by atoms with Crippen LogP contribution in [0.2, 0.25) is 0 Å². The van der Waals surface area contributed by atoms with Gasteiger partial charge in [0.05, 0.1) is 167 Å². The summed E-state index contributed by atoms with van der Waals surface area (Å²) in [6.45, 7) is 0.150. The number of hydrogen-bond acceptors (Lipinski definition) is 33. The maximum atomic E-state index is 13.9. The lowest BCUT2D eigenvalue weighted by molar-refractivity contribution is -0.272. The van der Waals surface area contributed by atoms with Gasteiger partial charge in [0.1, 0.15) is 84.3 Å². The molecule has 44 heteroatoms. The molecular formula is C65H110IN8O34P. The average Bonchev–Trinajstić information content (AvgIpc) is 0.820. The van der Waals surface area contributed by atoms with Gasteiger partial charge < -0.3 is 164 Å². The Labute approximate surface area is 642 Å². The molecular weight excluding hydrogens is 1590 g/mol. The third-order valence-electron chi connectivity index (χ3n) is 16.1. The minimum atomic E-state index is -3.75. The highest BCUT2D eigenvalue weighted by atomic mass is 127. The van der Waals surface area contributed by atoms with E-state index < -0.39 is 164 Å². The van der Waals surface area contributed by atoms with Crippen LogP contribution in [0, 0.1) is 0 Å². The zero-order chi connectivity index (χ0) is 80.2. The van der Waals surface area contributed by atoms with Crippen LogP contribution in [0.1, 0.15) is 58.4 Å². The SMILES string of the molecule is CC(=O)NC1[C@H](OCCOCCNC(=O)CCOCC(COCCC(=O)NCCOCCOC2O[C@H](CO)[C@H](O)[C@H](O)[C@H]2NC(C)=O)(COCCC(=O)NCCOCCO[C@@H]2O[C@H](CO)[C@H](O)[C@H](O)[C@H]2NC(C)=O)NC(=O)CCOCCOCCNC(=O)CCc2ccc(OP(=O)(O)I)cc2)O[C@H](CO)[C@H](O)[C@@H]1O. The van der Waals surface area contributed by atoms with Crippen LogP contribution >= 0.6 is 27.3 Å². The van der Waals surface area contributed by atoms with Crippen LogP contribution in [0.25, 0.3) is 0 Å². The molecule has 17 atom stereocenters. The normalized spacial score (nSPS) is 25.2. The van der Waals surface area contributed by atoms with Crippen LogP contribution in [0.3, 0.4) is 0 Å². The Morgan fingerprint density at radius 2 is 0.706 bits per heavy atom. The van der Waals surface area contributed by atoms with Crippen molar-refractivity contribution in [1.82, 2.24) is 42.5 Å². The van der Waals surface area contributed by atoms with Crippen molar-refractivity contribution in [2.45, 2.75) is 157 Å². The highest BCUT2D eigenvalue weighted by molar-refractivity contribution is 14.2. The number of hydrogen-bond donors (Lipinski definition) is 18. The molecule has 0 saturated carbocycles. The van der Waals surface area contributed by atoms with Crippen molar-refractivity contribution >= 4 is 74.5 Å². The van der Waals surface area contributed by atoms with Crippen molar-refractivity contribution in [2.24, 2.45) is 0 Å². The molecule has 0 aromatic heterocycles. The topological polar surface area (TPSA) is 591 Å². The molecule has 18 N–H and O–H groups in total.